The minimum Gasteiger partial charge on any atom is -0.225 e. The van der Waals surface area contributed by atoms with Gasteiger partial charge in [0.1, 0.15) is 17.2 Å². The Hall–Kier alpha value is -3.22. The minimum atomic E-state index is -4.60. The summed E-state index contributed by atoms with van der Waals surface area (Å²) >= 11 is 0. The summed E-state index contributed by atoms with van der Waals surface area (Å²) in [5.74, 6) is -0.465. The lowest BCUT2D eigenvalue weighted by Crippen LogP contribution is -2.40. The van der Waals surface area contributed by atoms with Crippen LogP contribution in [0.3, 0.4) is 0 Å². The standard InChI is InChI=1S/C18H12F3N4/c19-18(20,21)17-24(15-9-3-5-11-22-15)13-7-1-2-8-14(13)25(17)16-10-4-6-12-23-16/h1-12H/q+1. The van der Waals surface area contributed by atoms with Crippen molar-refractivity contribution in [1.82, 2.24) is 14.5 Å². The quantitative estimate of drug-likeness (QED) is 0.521. The topological polar surface area (TPSA) is 34.6 Å². The van der Waals surface area contributed by atoms with Gasteiger partial charge in [0.15, 0.2) is 5.82 Å². The van der Waals surface area contributed by atoms with E-state index in [0.29, 0.717) is 11.0 Å². The van der Waals surface area contributed by atoms with E-state index in [4.69, 9.17) is 0 Å². The third-order valence-corrected chi connectivity index (χ3v) is 3.80. The van der Waals surface area contributed by atoms with Crippen LogP contribution in [-0.4, -0.2) is 14.5 Å². The summed E-state index contributed by atoms with van der Waals surface area (Å²) in [5, 5.41) is 0. The maximum atomic E-state index is 14.0. The molecule has 0 unspecified atom stereocenters. The Bertz CT molecular complexity index is 948. The van der Waals surface area contributed by atoms with E-state index in [2.05, 4.69) is 9.97 Å². The maximum Gasteiger partial charge on any atom is 0.479 e. The number of nitrogens with zero attached hydrogens (tertiary/aromatic N) is 4. The Morgan fingerprint density at radius 1 is 0.800 bits per heavy atom. The first-order chi connectivity index (χ1) is 12.1. The molecule has 0 fully saturated rings. The SMILES string of the molecule is FC(F)(F)c1n(-c2ccccn2)c2ccccc2[n+]1-c1ccccn1. The van der Waals surface area contributed by atoms with Gasteiger partial charge in [0.05, 0.1) is 0 Å². The summed E-state index contributed by atoms with van der Waals surface area (Å²) in [6, 6.07) is 16.4. The highest BCUT2D eigenvalue weighted by Gasteiger charge is 2.46. The molecule has 4 nitrogen and oxygen atoms in total. The Morgan fingerprint density at radius 2 is 1.48 bits per heavy atom. The van der Waals surface area contributed by atoms with Gasteiger partial charge in [-0.05, 0) is 30.3 Å². The fraction of sp³-hybridized carbons (Fsp3) is 0.0556. The van der Waals surface area contributed by atoms with Crippen LogP contribution in [0.2, 0.25) is 0 Å². The van der Waals surface area contributed by atoms with E-state index in [1.807, 2.05) is 0 Å². The molecule has 0 amide bonds. The highest BCUT2D eigenvalue weighted by atomic mass is 19.4. The summed E-state index contributed by atoms with van der Waals surface area (Å²) in [7, 11) is 0. The number of pyridine rings is 2. The second kappa shape index (κ2) is 5.70. The molecule has 4 rings (SSSR count). The first-order valence-electron chi connectivity index (χ1n) is 7.53. The first kappa shape index (κ1) is 15.3. The predicted octanol–water partition coefficient (Wildman–Crippen LogP) is 3.72. The monoisotopic (exact) mass is 341 g/mol. The molecule has 7 heteroatoms. The summed E-state index contributed by atoms with van der Waals surface area (Å²) in [6.45, 7) is 0. The zero-order chi connectivity index (χ0) is 17.4. The van der Waals surface area contributed by atoms with Gasteiger partial charge in [0.25, 0.3) is 5.82 Å². The summed E-state index contributed by atoms with van der Waals surface area (Å²) in [6.07, 6.45) is -1.67. The number of para-hydroxylation sites is 2. The van der Waals surface area contributed by atoms with Crippen molar-refractivity contribution in [3.05, 3.63) is 78.9 Å². The Balaban J connectivity index is 2.19. The average Bonchev–Trinajstić information content (AvgIpc) is 2.99. The molecule has 25 heavy (non-hydrogen) atoms. The summed E-state index contributed by atoms with van der Waals surface area (Å²) in [4.78, 5) is 8.22. The molecular weight excluding hydrogens is 329 g/mol. The lowest BCUT2D eigenvalue weighted by Gasteiger charge is -2.08. The van der Waals surface area contributed by atoms with Crippen molar-refractivity contribution >= 4 is 11.0 Å². The van der Waals surface area contributed by atoms with Crippen molar-refractivity contribution in [2.45, 2.75) is 6.18 Å². The van der Waals surface area contributed by atoms with E-state index in [-0.39, 0.29) is 11.6 Å². The highest BCUT2D eigenvalue weighted by molar-refractivity contribution is 5.75. The van der Waals surface area contributed by atoms with E-state index < -0.39 is 12.0 Å². The molecule has 0 spiro atoms. The molecule has 0 aliphatic heterocycles. The van der Waals surface area contributed by atoms with Crippen molar-refractivity contribution in [2.24, 2.45) is 0 Å². The van der Waals surface area contributed by atoms with Crippen LogP contribution in [-0.2, 0) is 6.18 Å². The predicted molar refractivity (Wildman–Crippen MR) is 85.4 cm³/mol. The molecule has 0 aliphatic carbocycles. The number of halogens is 3. The number of hydrogen-bond acceptors (Lipinski definition) is 2. The molecule has 0 aliphatic rings. The van der Waals surface area contributed by atoms with Gasteiger partial charge in [0.2, 0.25) is 0 Å². The fourth-order valence-corrected chi connectivity index (χ4v) is 2.86. The molecule has 1 aromatic carbocycles. The molecule has 0 bridgehead atoms. The molecular formula is C18H12F3N4+. The smallest absolute Gasteiger partial charge is 0.225 e. The van der Waals surface area contributed by atoms with Crippen LogP contribution in [0.4, 0.5) is 13.2 Å². The van der Waals surface area contributed by atoms with Gasteiger partial charge >= 0.3 is 12.0 Å². The zero-order valence-corrected chi connectivity index (χ0v) is 12.9. The van der Waals surface area contributed by atoms with Gasteiger partial charge in [0, 0.05) is 12.3 Å². The molecule has 124 valence electrons. The van der Waals surface area contributed by atoms with Gasteiger partial charge in [-0.2, -0.15) is 17.7 Å². The van der Waals surface area contributed by atoms with Gasteiger partial charge in [-0.15, -0.1) is 4.98 Å². The molecule has 4 aromatic rings. The lowest BCUT2D eigenvalue weighted by atomic mass is 10.3. The van der Waals surface area contributed by atoms with Crippen molar-refractivity contribution < 1.29 is 17.7 Å². The third-order valence-electron chi connectivity index (χ3n) is 3.80. The second-order valence-corrected chi connectivity index (χ2v) is 5.36. The number of aromatic nitrogens is 4. The van der Waals surface area contributed by atoms with Crippen molar-refractivity contribution in [2.75, 3.05) is 0 Å². The van der Waals surface area contributed by atoms with Crippen LogP contribution >= 0.6 is 0 Å². The Morgan fingerprint density at radius 3 is 2.12 bits per heavy atom. The van der Waals surface area contributed by atoms with Gasteiger partial charge in [-0.25, -0.2) is 9.55 Å². The molecule has 3 heterocycles. The summed E-state index contributed by atoms with van der Waals surface area (Å²) < 4.78 is 44.3. The lowest BCUT2D eigenvalue weighted by molar-refractivity contribution is -0.598. The average molecular weight is 341 g/mol. The molecule has 0 radical (unpaired) electrons. The number of hydrogen-bond donors (Lipinski definition) is 0. The summed E-state index contributed by atoms with van der Waals surface area (Å²) in [5.41, 5.74) is 0.804. The molecule has 0 saturated heterocycles. The largest absolute Gasteiger partial charge is 0.479 e. The first-order valence-corrected chi connectivity index (χ1v) is 7.53. The van der Waals surface area contributed by atoms with E-state index in [9.17, 15) is 13.2 Å². The number of alkyl halides is 3. The number of fused-ring (bicyclic) bond motifs is 1. The van der Waals surface area contributed by atoms with Gasteiger partial charge in [-0.3, -0.25) is 0 Å². The highest BCUT2D eigenvalue weighted by Crippen LogP contribution is 2.33. The van der Waals surface area contributed by atoms with Crippen LogP contribution in [0.5, 0.6) is 0 Å². The fourth-order valence-electron chi connectivity index (χ4n) is 2.86. The minimum absolute atomic E-state index is 0.195. The number of imidazole rings is 1. The normalized spacial score (nSPS) is 11.8. The number of rotatable bonds is 2. The second-order valence-electron chi connectivity index (χ2n) is 5.36. The zero-order valence-electron chi connectivity index (χ0n) is 12.9. The third kappa shape index (κ3) is 2.53. The van der Waals surface area contributed by atoms with Crippen LogP contribution in [0.15, 0.2) is 73.1 Å². The van der Waals surface area contributed by atoms with Gasteiger partial charge in [-0.1, -0.05) is 24.3 Å². The van der Waals surface area contributed by atoms with Crippen molar-refractivity contribution in [1.29, 1.82) is 0 Å². The molecule has 3 aromatic heterocycles. The van der Waals surface area contributed by atoms with E-state index >= 15 is 0 Å². The maximum absolute atomic E-state index is 14.0. The van der Waals surface area contributed by atoms with Crippen LogP contribution in [0.25, 0.3) is 22.7 Å². The Kier molecular flexibility index (Phi) is 3.49. The van der Waals surface area contributed by atoms with Crippen LogP contribution in [0, 0.1) is 0 Å². The van der Waals surface area contributed by atoms with Crippen molar-refractivity contribution in [3.63, 3.8) is 0 Å². The van der Waals surface area contributed by atoms with E-state index in [1.54, 1.807) is 60.7 Å². The van der Waals surface area contributed by atoms with Crippen LogP contribution < -0.4 is 4.57 Å². The molecule has 0 atom stereocenters. The number of benzene rings is 1. The van der Waals surface area contributed by atoms with Crippen molar-refractivity contribution in [3.8, 4) is 11.6 Å². The van der Waals surface area contributed by atoms with Crippen LogP contribution in [0.1, 0.15) is 5.82 Å². The molecule has 0 N–H and O–H groups in total. The Labute approximate surface area is 140 Å². The molecule has 0 saturated carbocycles. The van der Waals surface area contributed by atoms with E-state index in [0.717, 1.165) is 9.13 Å². The van der Waals surface area contributed by atoms with E-state index in [1.165, 1.54) is 12.4 Å². The van der Waals surface area contributed by atoms with Gasteiger partial charge < -0.3 is 0 Å².